The molecule has 0 saturated heterocycles. The largest absolute Gasteiger partial charge is 0.317 e. The van der Waals surface area contributed by atoms with Crippen LogP contribution in [0.25, 0.3) is 0 Å². The smallest absolute Gasteiger partial charge is 0.137 e. The maximum absolute atomic E-state index is 13.3. The van der Waals surface area contributed by atoms with Gasteiger partial charge in [0.15, 0.2) is 0 Å². The van der Waals surface area contributed by atoms with Crippen LogP contribution in [0.15, 0.2) is 22.7 Å². The lowest BCUT2D eigenvalue weighted by Gasteiger charge is -2.16. The fourth-order valence-corrected chi connectivity index (χ4v) is 2.46. The number of rotatable bonds is 5. The van der Waals surface area contributed by atoms with Gasteiger partial charge in [-0.3, -0.25) is 0 Å². The molecule has 88 valence electrons. The third kappa shape index (κ3) is 3.05. The molecular weight excluding hydrogens is 269 g/mol. The molecule has 0 aliphatic heterocycles. The summed E-state index contributed by atoms with van der Waals surface area (Å²) >= 11 is 3.32. The monoisotopic (exact) mass is 285 g/mol. The quantitative estimate of drug-likeness (QED) is 0.873. The van der Waals surface area contributed by atoms with E-state index in [1.165, 1.54) is 25.3 Å². The predicted octanol–water partition coefficient (Wildman–Crippen LogP) is 3.52. The number of likely N-dealkylation sites (N-methyl/N-ethyl adjacent to an activating group) is 1. The molecule has 16 heavy (non-hydrogen) atoms. The van der Waals surface area contributed by atoms with Crippen molar-refractivity contribution in [3.05, 3.63) is 34.1 Å². The van der Waals surface area contributed by atoms with E-state index < -0.39 is 0 Å². The van der Waals surface area contributed by atoms with Gasteiger partial charge in [-0.15, -0.1) is 0 Å². The van der Waals surface area contributed by atoms with Gasteiger partial charge in [-0.1, -0.05) is 25.0 Å². The standard InChI is InChI=1S/C13H17BrFN/c1-16-11(7-9-5-6-9)8-10-3-2-4-12(15)13(10)14/h2-4,9,11,16H,5-8H2,1H3. The summed E-state index contributed by atoms with van der Waals surface area (Å²) in [6.45, 7) is 0. The third-order valence-electron chi connectivity index (χ3n) is 3.22. The van der Waals surface area contributed by atoms with Gasteiger partial charge in [-0.25, -0.2) is 4.39 Å². The van der Waals surface area contributed by atoms with Crippen LogP contribution in [0, 0.1) is 11.7 Å². The molecule has 1 unspecified atom stereocenters. The van der Waals surface area contributed by atoms with Crippen molar-refractivity contribution in [2.24, 2.45) is 5.92 Å². The van der Waals surface area contributed by atoms with Crippen LogP contribution >= 0.6 is 15.9 Å². The average molecular weight is 286 g/mol. The van der Waals surface area contributed by atoms with Crippen LogP contribution in [-0.2, 0) is 6.42 Å². The molecule has 3 heteroatoms. The lowest BCUT2D eigenvalue weighted by molar-refractivity contribution is 0.488. The Morgan fingerprint density at radius 3 is 2.88 bits per heavy atom. The van der Waals surface area contributed by atoms with Crippen molar-refractivity contribution >= 4 is 15.9 Å². The summed E-state index contributed by atoms with van der Waals surface area (Å²) in [4.78, 5) is 0. The van der Waals surface area contributed by atoms with Crippen molar-refractivity contribution in [1.29, 1.82) is 0 Å². The van der Waals surface area contributed by atoms with E-state index in [0.717, 1.165) is 17.9 Å². The van der Waals surface area contributed by atoms with Gasteiger partial charge in [0.25, 0.3) is 0 Å². The maximum Gasteiger partial charge on any atom is 0.137 e. The Hall–Kier alpha value is -0.410. The van der Waals surface area contributed by atoms with E-state index in [1.54, 1.807) is 6.07 Å². The number of nitrogens with one attached hydrogen (secondary N) is 1. The highest BCUT2D eigenvalue weighted by Gasteiger charge is 2.25. The Morgan fingerprint density at radius 2 is 2.25 bits per heavy atom. The molecule has 1 nitrogen and oxygen atoms in total. The Labute approximate surface area is 105 Å². The van der Waals surface area contributed by atoms with E-state index in [9.17, 15) is 4.39 Å². The van der Waals surface area contributed by atoms with Crippen molar-refractivity contribution < 1.29 is 4.39 Å². The van der Waals surface area contributed by atoms with Gasteiger partial charge in [0, 0.05) is 6.04 Å². The fourth-order valence-electron chi connectivity index (χ4n) is 2.03. The summed E-state index contributed by atoms with van der Waals surface area (Å²) in [6.07, 6.45) is 4.83. The fraction of sp³-hybridized carbons (Fsp3) is 0.538. The minimum Gasteiger partial charge on any atom is -0.317 e. The van der Waals surface area contributed by atoms with Gasteiger partial charge in [-0.05, 0) is 53.4 Å². The van der Waals surface area contributed by atoms with Crippen molar-refractivity contribution in [2.75, 3.05) is 7.05 Å². The summed E-state index contributed by atoms with van der Waals surface area (Å²) in [6, 6.07) is 5.72. The highest BCUT2D eigenvalue weighted by atomic mass is 79.9. The third-order valence-corrected chi connectivity index (χ3v) is 4.11. The molecular formula is C13H17BrFN. The number of benzene rings is 1. The first-order valence-electron chi connectivity index (χ1n) is 5.81. The molecule has 1 N–H and O–H groups in total. The van der Waals surface area contributed by atoms with E-state index in [-0.39, 0.29) is 5.82 Å². The number of halogens is 2. The van der Waals surface area contributed by atoms with Crippen molar-refractivity contribution in [2.45, 2.75) is 31.7 Å². The van der Waals surface area contributed by atoms with Crippen LogP contribution in [-0.4, -0.2) is 13.1 Å². The van der Waals surface area contributed by atoms with Crippen LogP contribution in [0.3, 0.4) is 0 Å². The molecule has 2 rings (SSSR count). The Bertz CT molecular complexity index is 363. The van der Waals surface area contributed by atoms with Crippen LogP contribution in [0.1, 0.15) is 24.8 Å². The minimum absolute atomic E-state index is 0.168. The highest BCUT2D eigenvalue weighted by Crippen LogP contribution is 2.34. The van der Waals surface area contributed by atoms with E-state index in [4.69, 9.17) is 0 Å². The predicted molar refractivity (Wildman–Crippen MR) is 68.0 cm³/mol. The Balaban J connectivity index is 2.02. The Morgan fingerprint density at radius 1 is 1.50 bits per heavy atom. The molecule has 0 heterocycles. The van der Waals surface area contributed by atoms with Gasteiger partial charge in [0.05, 0.1) is 4.47 Å². The van der Waals surface area contributed by atoms with Crippen LogP contribution in [0.2, 0.25) is 0 Å². The second kappa shape index (κ2) is 5.28. The zero-order valence-corrected chi connectivity index (χ0v) is 11.1. The first-order valence-corrected chi connectivity index (χ1v) is 6.60. The Kier molecular flexibility index (Phi) is 3.98. The first kappa shape index (κ1) is 12.1. The molecule has 1 aliphatic rings. The molecule has 1 atom stereocenters. The summed E-state index contributed by atoms with van der Waals surface area (Å²) < 4.78 is 14.0. The van der Waals surface area contributed by atoms with Crippen LogP contribution in [0.4, 0.5) is 4.39 Å². The van der Waals surface area contributed by atoms with E-state index >= 15 is 0 Å². The number of hydrogen-bond acceptors (Lipinski definition) is 1. The lowest BCUT2D eigenvalue weighted by atomic mass is 10.0. The van der Waals surface area contributed by atoms with Crippen molar-refractivity contribution in [3.63, 3.8) is 0 Å². The molecule has 1 aromatic carbocycles. The zero-order chi connectivity index (χ0) is 11.5. The van der Waals surface area contributed by atoms with Crippen molar-refractivity contribution in [1.82, 2.24) is 5.32 Å². The van der Waals surface area contributed by atoms with Gasteiger partial charge < -0.3 is 5.32 Å². The van der Waals surface area contributed by atoms with Crippen LogP contribution in [0.5, 0.6) is 0 Å². The molecule has 0 bridgehead atoms. The van der Waals surface area contributed by atoms with Gasteiger partial charge in [-0.2, -0.15) is 0 Å². The molecule has 1 aromatic rings. The molecule has 0 radical (unpaired) electrons. The topological polar surface area (TPSA) is 12.0 Å². The molecule has 0 amide bonds. The number of hydrogen-bond donors (Lipinski definition) is 1. The normalized spacial score (nSPS) is 17.4. The summed E-state index contributed by atoms with van der Waals surface area (Å²) in [7, 11) is 1.99. The highest BCUT2D eigenvalue weighted by molar-refractivity contribution is 9.10. The summed E-state index contributed by atoms with van der Waals surface area (Å²) in [5.41, 5.74) is 1.06. The van der Waals surface area contributed by atoms with Gasteiger partial charge >= 0.3 is 0 Å². The lowest BCUT2D eigenvalue weighted by Crippen LogP contribution is -2.28. The van der Waals surface area contributed by atoms with E-state index in [0.29, 0.717) is 10.5 Å². The second-order valence-corrected chi connectivity index (χ2v) is 5.37. The SMILES string of the molecule is CNC(Cc1cccc(F)c1Br)CC1CC1. The van der Waals surface area contributed by atoms with Crippen molar-refractivity contribution in [3.8, 4) is 0 Å². The van der Waals surface area contributed by atoms with Crippen LogP contribution < -0.4 is 5.32 Å². The molecule has 1 fully saturated rings. The molecule has 0 aromatic heterocycles. The molecule has 1 saturated carbocycles. The summed E-state index contributed by atoms with van der Waals surface area (Å²) in [5.74, 6) is 0.726. The second-order valence-electron chi connectivity index (χ2n) is 4.58. The maximum atomic E-state index is 13.3. The first-order chi connectivity index (χ1) is 7.70. The molecule has 0 spiro atoms. The van der Waals surface area contributed by atoms with E-state index in [1.807, 2.05) is 13.1 Å². The average Bonchev–Trinajstić information content (AvgIpc) is 3.07. The van der Waals surface area contributed by atoms with Gasteiger partial charge in [0.1, 0.15) is 5.82 Å². The summed E-state index contributed by atoms with van der Waals surface area (Å²) in [5, 5.41) is 3.33. The van der Waals surface area contributed by atoms with Gasteiger partial charge in [0.2, 0.25) is 0 Å². The minimum atomic E-state index is -0.168. The zero-order valence-electron chi connectivity index (χ0n) is 9.47. The van der Waals surface area contributed by atoms with E-state index in [2.05, 4.69) is 21.2 Å². The molecule has 1 aliphatic carbocycles.